The SMILES string of the molecule is CC(=O)Nc1cc(NC(=O)[C@@H]2[C@H](C(=O)O)C2(C)C)ccc1C. The molecular formula is C16H20N2O4. The van der Waals surface area contributed by atoms with E-state index >= 15 is 0 Å². The minimum atomic E-state index is -0.951. The third-order valence-corrected chi connectivity index (χ3v) is 4.19. The Balaban J connectivity index is 2.13. The molecule has 2 rings (SSSR count). The first kappa shape index (κ1) is 16.0. The zero-order valence-corrected chi connectivity index (χ0v) is 13.1. The zero-order valence-electron chi connectivity index (χ0n) is 13.1. The summed E-state index contributed by atoms with van der Waals surface area (Å²) in [6, 6.07) is 5.18. The minimum Gasteiger partial charge on any atom is -0.481 e. The van der Waals surface area contributed by atoms with Crippen LogP contribution in [0, 0.1) is 24.2 Å². The maximum absolute atomic E-state index is 12.3. The van der Waals surface area contributed by atoms with E-state index in [4.69, 9.17) is 5.11 Å². The number of aliphatic carboxylic acids is 1. The summed E-state index contributed by atoms with van der Waals surface area (Å²) in [6.45, 7) is 6.80. The van der Waals surface area contributed by atoms with Crippen LogP contribution in [0.15, 0.2) is 18.2 Å². The second kappa shape index (κ2) is 5.44. The van der Waals surface area contributed by atoms with Gasteiger partial charge in [0.15, 0.2) is 0 Å². The molecule has 0 aliphatic heterocycles. The van der Waals surface area contributed by atoms with Crippen molar-refractivity contribution in [3.63, 3.8) is 0 Å². The highest BCUT2D eigenvalue weighted by Gasteiger charge is 2.65. The fourth-order valence-electron chi connectivity index (χ4n) is 2.83. The summed E-state index contributed by atoms with van der Waals surface area (Å²) in [4.78, 5) is 34.6. The highest BCUT2D eigenvalue weighted by atomic mass is 16.4. The van der Waals surface area contributed by atoms with Crippen LogP contribution < -0.4 is 10.6 Å². The van der Waals surface area contributed by atoms with E-state index < -0.39 is 23.2 Å². The van der Waals surface area contributed by atoms with Gasteiger partial charge in [0.05, 0.1) is 11.8 Å². The summed E-state index contributed by atoms with van der Waals surface area (Å²) in [5.41, 5.74) is 1.49. The number of carboxylic acids is 1. The second-order valence-corrected chi connectivity index (χ2v) is 6.32. The molecule has 0 saturated heterocycles. The van der Waals surface area contributed by atoms with Crippen LogP contribution >= 0.6 is 0 Å². The van der Waals surface area contributed by atoms with Gasteiger partial charge in [-0.15, -0.1) is 0 Å². The van der Waals surface area contributed by atoms with Gasteiger partial charge in [-0.3, -0.25) is 14.4 Å². The van der Waals surface area contributed by atoms with Crippen LogP contribution in [-0.2, 0) is 14.4 Å². The van der Waals surface area contributed by atoms with Crippen LogP contribution in [0.25, 0.3) is 0 Å². The predicted octanol–water partition coefficient (Wildman–Crippen LogP) is 2.25. The molecule has 0 bridgehead atoms. The molecule has 22 heavy (non-hydrogen) atoms. The molecule has 0 heterocycles. The molecule has 6 nitrogen and oxygen atoms in total. The number of anilines is 2. The highest BCUT2D eigenvalue weighted by Crippen LogP contribution is 2.58. The Morgan fingerprint density at radius 1 is 1.14 bits per heavy atom. The Bertz CT molecular complexity index is 652. The van der Waals surface area contributed by atoms with Gasteiger partial charge in [-0.2, -0.15) is 0 Å². The molecule has 2 amide bonds. The van der Waals surface area contributed by atoms with Gasteiger partial charge >= 0.3 is 5.97 Å². The van der Waals surface area contributed by atoms with Crippen molar-refractivity contribution in [2.45, 2.75) is 27.7 Å². The monoisotopic (exact) mass is 304 g/mol. The van der Waals surface area contributed by atoms with Crippen molar-refractivity contribution < 1.29 is 19.5 Å². The topological polar surface area (TPSA) is 95.5 Å². The fraction of sp³-hybridized carbons (Fsp3) is 0.438. The Morgan fingerprint density at radius 3 is 2.27 bits per heavy atom. The summed E-state index contributed by atoms with van der Waals surface area (Å²) in [5, 5.41) is 14.5. The van der Waals surface area contributed by atoms with Gasteiger partial charge in [0.25, 0.3) is 0 Å². The van der Waals surface area contributed by atoms with Gasteiger partial charge in [-0.25, -0.2) is 0 Å². The molecule has 0 aromatic heterocycles. The summed E-state index contributed by atoms with van der Waals surface area (Å²) < 4.78 is 0. The number of rotatable bonds is 4. The van der Waals surface area contributed by atoms with E-state index in [1.54, 1.807) is 32.0 Å². The lowest BCUT2D eigenvalue weighted by atomic mass is 10.1. The third kappa shape index (κ3) is 2.95. The van der Waals surface area contributed by atoms with E-state index in [1.165, 1.54) is 6.92 Å². The lowest BCUT2D eigenvalue weighted by molar-refractivity contribution is -0.140. The van der Waals surface area contributed by atoms with Crippen molar-refractivity contribution in [2.24, 2.45) is 17.3 Å². The first-order chi connectivity index (χ1) is 10.1. The first-order valence-electron chi connectivity index (χ1n) is 7.06. The maximum atomic E-state index is 12.3. The van der Waals surface area contributed by atoms with Crippen LogP contribution in [0.3, 0.4) is 0 Å². The molecule has 6 heteroatoms. The van der Waals surface area contributed by atoms with E-state index in [0.29, 0.717) is 11.4 Å². The Morgan fingerprint density at radius 2 is 1.77 bits per heavy atom. The molecular weight excluding hydrogens is 284 g/mol. The van der Waals surface area contributed by atoms with Gasteiger partial charge in [0, 0.05) is 18.3 Å². The van der Waals surface area contributed by atoms with Crippen LogP contribution in [0.1, 0.15) is 26.3 Å². The molecule has 1 fully saturated rings. The van der Waals surface area contributed by atoms with Gasteiger partial charge in [0.2, 0.25) is 11.8 Å². The molecule has 1 aromatic rings. The number of aryl methyl sites for hydroxylation is 1. The number of hydrogen-bond acceptors (Lipinski definition) is 3. The lowest BCUT2D eigenvalue weighted by Gasteiger charge is -2.11. The van der Waals surface area contributed by atoms with Crippen molar-refractivity contribution in [3.05, 3.63) is 23.8 Å². The van der Waals surface area contributed by atoms with Crippen LogP contribution in [0.4, 0.5) is 11.4 Å². The molecule has 1 aliphatic carbocycles. The summed E-state index contributed by atoms with van der Waals surface area (Å²) >= 11 is 0. The number of nitrogens with one attached hydrogen (secondary N) is 2. The fourth-order valence-corrected chi connectivity index (χ4v) is 2.83. The largest absolute Gasteiger partial charge is 0.481 e. The minimum absolute atomic E-state index is 0.194. The standard InChI is InChI=1S/C16H20N2O4/c1-8-5-6-10(7-11(8)17-9(2)19)18-14(20)12-13(15(21)22)16(12,3)4/h5-7,12-13H,1-4H3,(H,17,19)(H,18,20)(H,21,22)/t12-,13+/m0/s1. The van der Waals surface area contributed by atoms with E-state index in [9.17, 15) is 14.4 Å². The molecule has 118 valence electrons. The van der Waals surface area contributed by atoms with Gasteiger partial charge in [0.1, 0.15) is 0 Å². The molecule has 2 atom stereocenters. The number of carbonyl (C=O) groups is 3. The van der Waals surface area contributed by atoms with Crippen molar-refractivity contribution in [2.75, 3.05) is 10.6 Å². The van der Waals surface area contributed by atoms with Gasteiger partial charge < -0.3 is 15.7 Å². The number of carbonyl (C=O) groups excluding carboxylic acids is 2. The Kier molecular flexibility index (Phi) is 3.96. The van der Waals surface area contributed by atoms with Crippen LogP contribution in [-0.4, -0.2) is 22.9 Å². The number of hydrogen-bond donors (Lipinski definition) is 3. The Labute approximate surface area is 128 Å². The molecule has 0 unspecified atom stereocenters. The van der Waals surface area contributed by atoms with Crippen LogP contribution in [0.5, 0.6) is 0 Å². The molecule has 0 spiro atoms. The number of carboxylic acid groups (broad SMARTS) is 1. The van der Waals surface area contributed by atoms with Crippen molar-refractivity contribution in [1.82, 2.24) is 0 Å². The second-order valence-electron chi connectivity index (χ2n) is 6.32. The average Bonchev–Trinajstić information content (AvgIpc) is 2.96. The van der Waals surface area contributed by atoms with Crippen LogP contribution in [0.2, 0.25) is 0 Å². The quantitative estimate of drug-likeness (QED) is 0.795. The molecule has 1 saturated carbocycles. The highest BCUT2D eigenvalue weighted by molar-refractivity contribution is 6.00. The average molecular weight is 304 g/mol. The van der Waals surface area contributed by atoms with E-state index in [-0.39, 0.29) is 11.8 Å². The van der Waals surface area contributed by atoms with Crippen molar-refractivity contribution >= 4 is 29.2 Å². The van der Waals surface area contributed by atoms with E-state index in [0.717, 1.165) is 5.56 Å². The number of amides is 2. The van der Waals surface area contributed by atoms with E-state index in [1.807, 2.05) is 6.92 Å². The van der Waals surface area contributed by atoms with Gasteiger partial charge in [-0.05, 0) is 30.0 Å². The van der Waals surface area contributed by atoms with E-state index in [2.05, 4.69) is 10.6 Å². The predicted molar refractivity (Wildman–Crippen MR) is 82.5 cm³/mol. The molecule has 0 radical (unpaired) electrons. The summed E-state index contributed by atoms with van der Waals surface area (Å²) in [7, 11) is 0. The van der Waals surface area contributed by atoms with Crippen molar-refractivity contribution in [3.8, 4) is 0 Å². The molecule has 1 aliphatic rings. The summed E-state index contributed by atoms with van der Waals surface area (Å²) in [6.07, 6.45) is 0. The third-order valence-electron chi connectivity index (χ3n) is 4.19. The van der Waals surface area contributed by atoms with Gasteiger partial charge in [-0.1, -0.05) is 19.9 Å². The first-order valence-corrected chi connectivity index (χ1v) is 7.06. The van der Waals surface area contributed by atoms with Crippen molar-refractivity contribution in [1.29, 1.82) is 0 Å². The number of benzene rings is 1. The Hall–Kier alpha value is -2.37. The molecule has 1 aromatic carbocycles. The normalized spacial score (nSPS) is 21.8. The summed E-state index contributed by atoms with van der Waals surface area (Å²) in [5.74, 6) is -2.66. The lowest BCUT2D eigenvalue weighted by Crippen LogP contribution is -2.18. The molecule has 3 N–H and O–H groups in total. The zero-order chi connectivity index (χ0) is 16.7. The smallest absolute Gasteiger partial charge is 0.307 e. The maximum Gasteiger partial charge on any atom is 0.307 e.